The monoisotopic (exact) mass is 235 g/mol. The lowest BCUT2D eigenvalue weighted by Crippen LogP contribution is -2.17. The van der Waals surface area contributed by atoms with Gasteiger partial charge in [0, 0.05) is 17.1 Å². The van der Waals surface area contributed by atoms with E-state index in [9.17, 15) is 0 Å². The van der Waals surface area contributed by atoms with Crippen LogP contribution in [-0.4, -0.2) is 22.5 Å². The number of likely N-dealkylation sites (N-methyl/N-ethyl adjacent to an activating group) is 1. The third kappa shape index (κ3) is 1.90. The van der Waals surface area contributed by atoms with Crippen LogP contribution >= 0.6 is 11.3 Å². The lowest BCUT2D eigenvalue weighted by atomic mass is 10.2. The van der Waals surface area contributed by atoms with Crippen LogP contribution in [0.5, 0.6) is 0 Å². The second kappa shape index (κ2) is 4.39. The molecule has 0 bridgehead atoms. The molecule has 1 N–H and O–H groups in total. The molecule has 1 unspecified atom stereocenters. The van der Waals surface area contributed by atoms with E-state index in [2.05, 4.69) is 53.0 Å². The summed E-state index contributed by atoms with van der Waals surface area (Å²) in [4.78, 5) is 5.62. The van der Waals surface area contributed by atoms with Crippen LogP contribution < -0.4 is 5.32 Å². The standard InChI is InChI=1S/C12H17N3S/c1-8(13-4)5-6-11-10(3)14-12-15(11)9(2)7-16-12/h5-8,13H,1-4H3/b6-5+. The van der Waals surface area contributed by atoms with E-state index in [1.54, 1.807) is 11.3 Å². The number of imidazole rings is 1. The highest BCUT2D eigenvalue weighted by atomic mass is 32.1. The van der Waals surface area contributed by atoms with Gasteiger partial charge in [-0.15, -0.1) is 11.3 Å². The molecule has 0 amide bonds. The third-order valence-corrected chi connectivity index (χ3v) is 3.70. The summed E-state index contributed by atoms with van der Waals surface area (Å²) >= 11 is 1.69. The Labute approximate surface area is 99.8 Å². The quantitative estimate of drug-likeness (QED) is 0.886. The molecule has 16 heavy (non-hydrogen) atoms. The minimum atomic E-state index is 0.379. The van der Waals surface area contributed by atoms with Gasteiger partial charge in [-0.3, -0.25) is 4.40 Å². The van der Waals surface area contributed by atoms with Crippen LogP contribution in [0.25, 0.3) is 11.0 Å². The van der Waals surface area contributed by atoms with Crippen LogP contribution in [0.4, 0.5) is 0 Å². The average molecular weight is 235 g/mol. The minimum absolute atomic E-state index is 0.379. The molecule has 0 aromatic carbocycles. The molecule has 3 nitrogen and oxygen atoms in total. The van der Waals surface area contributed by atoms with Crippen molar-refractivity contribution in [1.29, 1.82) is 0 Å². The van der Waals surface area contributed by atoms with Gasteiger partial charge in [-0.05, 0) is 33.9 Å². The van der Waals surface area contributed by atoms with Gasteiger partial charge in [0.05, 0.1) is 11.4 Å². The lowest BCUT2D eigenvalue weighted by molar-refractivity contribution is 0.731. The molecule has 0 aliphatic carbocycles. The summed E-state index contributed by atoms with van der Waals surface area (Å²) in [6, 6.07) is 0.379. The Bertz CT molecular complexity index is 522. The van der Waals surface area contributed by atoms with Gasteiger partial charge in [-0.2, -0.15) is 0 Å². The van der Waals surface area contributed by atoms with Crippen molar-refractivity contribution < 1.29 is 0 Å². The van der Waals surface area contributed by atoms with Gasteiger partial charge in [-0.25, -0.2) is 4.98 Å². The highest BCUT2D eigenvalue weighted by Crippen LogP contribution is 2.21. The van der Waals surface area contributed by atoms with Crippen molar-refractivity contribution in [1.82, 2.24) is 14.7 Å². The number of fused-ring (bicyclic) bond motifs is 1. The highest BCUT2D eigenvalue weighted by Gasteiger charge is 2.09. The van der Waals surface area contributed by atoms with Crippen LogP contribution in [0.3, 0.4) is 0 Å². The number of thiazole rings is 1. The first-order valence-corrected chi connectivity index (χ1v) is 6.30. The van der Waals surface area contributed by atoms with E-state index in [1.807, 2.05) is 7.05 Å². The van der Waals surface area contributed by atoms with Crippen LogP contribution in [0, 0.1) is 13.8 Å². The number of aryl methyl sites for hydroxylation is 2. The largest absolute Gasteiger partial charge is 0.314 e. The Morgan fingerprint density at radius 3 is 2.94 bits per heavy atom. The minimum Gasteiger partial charge on any atom is -0.314 e. The Balaban J connectivity index is 2.46. The van der Waals surface area contributed by atoms with Gasteiger partial charge >= 0.3 is 0 Å². The maximum absolute atomic E-state index is 4.55. The van der Waals surface area contributed by atoms with E-state index in [4.69, 9.17) is 0 Å². The van der Waals surface area contributed by atoms with E-state index in [0.717, 1.165) is 10.7 Å². The number of hydrogen-bond donors (Lipinski definition) is 1. The molecule has 0 saturated carbocycles. The molecule has 0 aliphatic heterocycles. The summed E-state index contributed by atoms with van der Waals surface area (Å²) < 4.78 is 2.21. The Kier molecular flexibility index (Phi) is 3.12. The normalized spacial score (nSPS) is 14.0. The summed E-state index contributed by atoms with van der Waals surface area (Å²) in [5.41, 5.74) is 3.53. The fourth-order valence-corrected chi connectivity index (χ4v) is 2.57. The van der Waals surface area contributed by atoms with Crippen molar-refractivity contribution in [2.75, 3.05) is 7.05 Å². The van der Waals surface area contributed by atoms with Crippen LogP contribution in [0.1, 0.15) is 24.0 Å². The zero-order valence-corrected chi connectivity index (χ0v) is 10.9. The molecule has 0 spiro atoms. The van der Waals surface area contributed by atoms with Crippen molar-refractivity contribution in [2.24, 2.45) is 0 Å². The maximum atomic E-state index is 4.55. The molecule has 2 aromatic heterocycles. The van der Waals surface area contributed by atoms with Gasteiger partial charge in [-0.1, -0.05) is 6.08 Å². The first-order chi connectivity index (χ1) is 7.63. The fraction of sp³-hybridized carbons (Fsp3) is 0.417. The molecule has 2 aromatic rings. The molecule has 0 fully saturated rings. The van der Waals surface area contributed by atoms with Crippen LogP contribution in [0.2, 0.25) is 0 Å². The second-order valence-corrected chi connectivity index (χ2v) is 4.85. The Hall–Kier alpha value is -1.13. The molecule has 2 heterocycles. The van der Waals surface area contributed by atoms with Crippen molar-refractivity contribution >= 4 is 22.4 Å². The van der Waals surface area contributed by atoms with Crippen molar-refractivity contribution in [3.63, 3.8) is 0 Å². The van der Waals surface area contributed by atoms with E-state index < -0.39 is 0 Å². The average Bonchev–Trinajstić information content (AvgIpc) is 2.76. The van der Waals surface area contributed by atoms with Crippen LogP contribution in [0.15, 0.2) is 11.5 Å². The van der Waals surface area contributed by atoms with Gasteiger partial charge in [0.2, 0.25) is 0 Å². The molecular formula is C12H17N3S. The van der Waals surface area contributed by atoms with Gasteiger partial charge in [0.25, 0.3) is 0 Å². The zero-order valence-electron chi connectivity index (χ0n) is 10.1. The third-order valence-electron chi connectivity index (χ3n) is 2.75. The first-order valence-electron chi connectivity index (χ1n) is 5.42. The summed E-state index contributed by atoms with van der Waals surface area (Å²) in [7, 11) is 1.96. The van der Waals surface area contributed by atoms with Gasteiger partial charge < -0.3 is 5.32 Å². The zero-order chi connectivity index (χ0) is 11.7. The predicted molar refractivity (Wildman–Crippen MR) is 70.1 cm³/mol. The number of nitrogens with zero attached hydrogens (tertiary/aromatic N) is 2. The van der Waals surface area contributed by atoms with Crippen molar-refractivity contribution in [3.05, 3.63) is 28.5 Å². The predicted octanol–water partition coefficient (Wildman–Crippen LogP) is 2.63. The molecular weight excluding hydrogens is 218 g/mol. The Morgan fingerprint density at radius 1 is 1.50 bits per heavy atom. The molecule has 1 atom stereocenters. The molecule has 0 saturated heterocycles. The number of hydrogen-bond acceptors (Lipinski definition) is 3. The van der Waals surface area contributed by atoms with E-state index in [1.165, 1.54) is 11.4 Å². The van der Waals surface area contributed by atoms with Crippen LogP contribution in [-0.2, 0) is 0 Å². The van der Waals surface area contributed by atoms with Crippen molar-refractivity contribution in [2.45, 2.75) is 26.8 Å². The van der Waals surface area contributed by atoms with Gasteiger partial charge in [0.1, 0.15) is 0 Å². The maximum Gasteiger partial charge on any atom is 0.194 e. The van der Waals surface area contributed by atoms with E-state index in [-0.39, 0.29) is 0 Å². The smallest absolute Gasteiger partial charge is 0.194 e. The second-order valence-electron chi connectivity index (χ2n) is 4.01. The first kappa shape index (κ1) is 11.4. The number of nitrogens with one attached hydrogen (secondary N) is 1. The summed E-state index contributed by atoms with van der Waals surface area (Å²) in [5, 5.41) is 5.33. The lowest BCUT2D eigenvalue weighted by Gasteiger charge is -2.02. The number of aromatic nitrogens is 2. The van der Waals surface area contributed by atoms with E-state index >= 15 is 0 Å². The van der Waals surface area contributed by atoms with E-state index in [0.29, 0.717) is 6.04 Å². The summed E-state index contributed by atoms with van der Waals surface area (Å²) in [6.07, 6.45) is 4.31. The fourth-order valence-electron chi connectivity index (χ4n) is 1.65. The SMILES string of the molecule is CNC(C)/C=C/c1c(C)nc2scc(C)n12. The topological polar surface area (TPSA) is 29.3 Å². The van der Waals surface area contributed by atoms with Gasteiger partial charge in [0.15, 0.2) is 4.96 Å². The summed E-state index contributed by atoms with van der Waals surface area (Å²) in [6.45, 7) is 6.30. The molecule has 2 rings (SSSR count). The molecule has 0 aliphatic rings. The molecule has 0 radical (unpaired) electrons. The Morgan fingerprint density at radius 2 is 2.25 bits per heavy atom. The molecule has 4 heteroatoms. The number of rotatable bonds is 3. The van der Waals surface area contributed by atoms with Crippen molar-refractivity contribution in [3.8, 4) is 0 Å². The summed E-state index contributed by atoms with van der Waals surface area (Å²) in [5.74, 6) is 0. The molecule has 86 valence electrons. The highest BCUT2D eigenvalue weighted by molar-refractivity contribution is 7.15.